The lowest BCUT2D eigenvalue weighted by Gasteiger charge is -2.34. The largest absolute Gasteiger partial charge is 0.354 e. The number of pyridine rings is 1. The van der Waals surface area contributed by atoms with E-state index in [0.29, 0.717) is 37.4 Å². The van der Waals surface area contributed by atoms with E-state index in [0.717, 1.165) is 42.6 Å². The summed E-state index contributed by atoms with van der Waals surface area (Å²) >= 11 is 0. The van der Waals surface area contributed by atoms with Crippen LogP contribution < -0.4 is 10.2 Å². The molecule has 2 fully saturated rings. The number of benzene rings is 1. The Hall–Kier alpha value is -2.71. The molecule has 3 aliphatic rings. The van der Waals surface area contributed by atoms with Crippen molar-refractivity contribution in [3.8, 4) is 0 Å². The summed E-state index contributed by atoms with van der Waals surface area (Å²) in [6.07, 6.45) is 5.73. The predicted molar refractivity (Wildman–Crippen MR) is 116 cm³/mol. The van der Waals surface area contributed by atoms with E-state index >= 15 is 0 Å². The van der Waals surface area contributed by atoms with Gasteiger partial charge in [0.1, 0.15) is 5.82 Å². The standard InChI is InChI=1S/C22H24N4O3S/c27-22-21(16-5-1-2-6-16)18-15-17(8-9-19(18)24-22)30(28,29)26-13-11-25(12-14-26)20-7-3-4-10-23-20/h3-4,7-10,15H,1-2,5-6,11-14H2,(H,24,27). The highest BCUT2D eigenvalue weighted by Crippen LogP contribution is 2.40. The maximum atomic E-state index is 13.3. The Bertz CT molecular complexity index is 1110. The fourth-order valence-electron chi connectivity index (χ4n) is 4.56. The average Bonchev–Trinajstić information content (AvgIpc) is 3.40. The van der Waals surface area contributed by atoms with Crippen molar-refractivity contribution in [1.29, 1.82) is 0 Å². The SMILES string of the molecule is O=C1Nc2ccc(S(=O)(=O)N3CCN(c4ccccn4)CC3)cc2C1=C1CCCC1. The number of sulfonamides is 1. The highest BCUT2D eigenvalue weighted by atomic mass is 32.2. The molecular formula is C22H24N4O3S. The molecule has 1 N–H and O–H groups in total. The molecule has 1 aromatic heterocycles. The van der Waals surface area contributed by atoms with E-state index in [9.17, 15) is 13.2 Å². The Morgan fingerprint density at radius 1 is 0.967 bits per heavy atom. The number of nitrogens with zero attached hydrogens (tertiary/aromatic N) is 3. The minimum Gasteiger partial charge on any atom is -0.354 e. The van der Waals surface area contributed by atoms with Crippen molar-refractivity contribution >= 4 is 33.0 Å². The molecule has 0 atom stereocenters. The van der Waals surface area contributed by atoms with E-state index in [4.69, 9.17) is 0 Å². The second-order valence-electron chi connectivity index (χ2n) is 7.93. The van der Waals surface area contributed by atoms with Crippen LogP contribution in [0.1, 0.15) is 31.2 Å². The summed E-state index contributed by atoms with van der Waals surface area (Å²) in [5, 5.41) is 2.89. The summed E-state index contributed by atoms with van der Waals surface area (Å²) in [7, 11) is -3.63. The second kappa shape index (κ2) is 7.52. The highest BCUT2D eigenvalue weighted by Gasteiger charge is 2.33. The Kier molecular flexibility index (Phi) is 4.83. The molecule has 0 unspecified atom stereocenters. The topological polar surface area (TPSA) is 82.6 Å². The summed E-state index contributed by atoms with van der Waals surface area (Å²) in [4.78, 5) is 19.2. The first kappa shape index (κ1) is 19.3. The summed E-state index contributed by atoms with van der Waals surface area (Å²) in [5.74, 6) is 0.755. The first-order chi connectivity index (χ1) is 14.5. The van der Waals surface area contributed by atoms with Crippen molar-refractivity contribution in [3.05, 3.63) is 53.7 Å². The van der Waals surface area contributed by atoms with Crippen LogP contribution in [-0.4, -0.2) is 49.8 Å². The first-order valence-electron chi connectivity index (χ1n) is 10.4. The van der Waals surface area contributed by atoms with Crippen LogP contribution in [0.3, 0.4) is 0 Å². The van der Waals surface area contributed by atoms with E-state index < -0.39 is 10.0 Å². The van der Waals surface area contributed by atoms with E-state index in [1.807, 2.05) is 18.2 Å². The number of rotatable bonds is 3. The van der Waals surface area contributed by atoms with Crippen molar-refractivity contribution in [2.24, 2.45) is 0 Å². The molecule has 5 rings (SSSR count). The number of hydrogen-bond donors (Lipinski definition) is 1. The van der Waals surface area contributed by atoms with Gasteiger partial charge in [-0.15, -0.1) is 0 Å². The van der Waals surface area contributed by atoms with Gasteiger partial charge in [0.05, 0.1) is 4.90 Å². The van der Waals surface area contributed by atoms with Crippen LogP contribution in [0.4, 0.5) is 11.5 Å². The zero-order valence-corrected chi connectivity index (χ0v) is 17.5. The molecule has 3 heterocycles. The van der Waals surface area contributed by atoms with Gasteiger partial charge in [-0.05, 0) is 56.0 Å². The zero-order chi connectivity index (χ0) is 20.7. The number of allylic oxidation sites excluding steroid dienone is 1. The number of amides is 1. The Balaban J connectivity index is 1.40. The number of carbonyl (C=O) groups is 1. The highest BCUT2D eigenvalue weighted by molar-refractivity contribution is 7.89. The molecule has 0 spiro atoms. The maximum absolute atomic E-state index is 13.3. The Morgan fingerprint density at radius 3 is 2.43 bits per heavy atom. The third kappa shape index (κ3) is 3.30. The Labute approximate surface area is 176 Å². The van der Waals surface area contributed by atoms with Crippen LogP contribution in [0.5, 0.6) is 0 Å². The van der Waals surface area contributed by atoms with Gasteiger partial charge in [-0.25, -0.2) is 13.4 Å². The maximum Gasteiger partial charge on any atom is 0.256 e. The molecule has 8 heteroatoms. The number of nitrogens with one attached hydrogen (secondary N) is 1. The first-order valence-corrected chi connectivity index (χ1v) is 11.8. The molecule has 156 valence electrons. The fourth-order valence-corrected chi connectivity index (χ4v) is 6.01. The summed E-state index contributed by atoms with van der Waals surface area (Å²) in [5.41, 5.74) is 3.25. The quantitative estimate of drug-likeness (QED) is 0.766. The molecular weight excluding hydrogens is 400 g/mol. The van der Waals surface area contributed by atoms with Gasteiger partial charge in [0, 0.05) is 49.2 Å². The van der Waals surface area contributed by atoms with Gasteiger partial charge in [0.2, 0.25) is 10.0 Å². The van der Waals surface area contributed by atoms with Gasteiger partial charge in [-0.3, -0.25) is 4.79 Å². The third-order valence-electron chi connectivity index (χ3n) is 6.15. The fraction of sp³-hybridized carbons (Fsp3) is 0.364. The van der Waals surface area contributed by atoms with Crippen LogP contribution in [0.25, 0.3) is 5.57 Å². The molecule has 1 saturated heterocycles. The summed E-state index contributed by atoms with van der Waals surface area (Å²) < 4.78 is 28.1. The Morgan fingerprint density at radius 2 is 1.73 bits per heavy atom. The number of aromatic nitrogens is 1. The number of fused-ring (bicyclic) bond motifs is 1. The van der Waals surface area contributed by atoms with Crippen molar-refractivity contribution in [2.75, 3.05) is 36.4 Å². The lowest BCUT2D eigenvalue weighted by atomic mass is 10.00. The van der Waals surface area contributed by atoms with E-state index in [1.54, 1.807) is 24.4 Å². The minimum atomic E-state index is -3.63. The van der Waals surface area contributed by atoms with Crippen molar-refractivity contribution in [3.63, 3.8) is 0 Å². The lowest BCUT2D eigenvalue weighted by Crippen LogP contribution is -2.48. The molecule has 1 aromatic carbocycles. The van der Waals surface area contributed by atoms with E-state index in [1.165, 1.54) is 4.31 Å². The monoisotopic (exact) mass is 424 g/mol. The minimum absolute atomic E-state index is 0.111. The van der Waals surface area contributed by atoms with Crippen LogP contribution in [-0.2, 0) is 14.8 Å². The average molecular weight is 425 g/mol. The van der Waals surface area contributed by atoms with Gasteiger partial charge in [-0.2, -0.15) is 4.31 Å². The van der Waals surface area contributed by atoms with E-state index in [-0.39, 0.29) is 10.8 Å². The predicted octanol–water partition coefficient (Wildman–Crippen LogP) is 2.87. The number of piperazine rings is 1. The van der Waals surface area contributed by atoms with Crippen LogP contribution in [0.2, 0.25) is 0 Å². The molecule has 2 aliphatic heterocycles. The van der Waals surface area contributed by atoms with Gasteiger partial charge < -0.3 is 10.2 Å². The van der Waals surface area contributed by atoms with Crippen molar-refractivity contribution < 1.29 is 13.2 Å². The molecule has 1 aliphatic carbocycles. The van der Waals surface area contributed by atoms with Gasteiger partial charge in [0.25, 0.3) is 5.91 Å². The van der Waals surface area contributed by atoms with Crippen LogP contribution in [0, 0.1) is 0 Å². The molecule has 0 bridgehead atoms. The van der Waals surface area contributed by atoms with Crippen molar-refractivity contribution in [2.45, 2.75) is 30.6 Å². The van der Waals surface area contributed by atoms with Gasteiger partial charge in [0.15, 0.2) is 0 Å². The molecule has 7 nitrogen and oxygen atoms in total. The lowest BCUT2D eigenvalue weighted by molar-refractivity contribution is -0.110. The molecule has 1 saturated carbocycles. The molecule has 2 aromatic rings. The second-order valence-corrected chi connectivity index (χ2v) is 9.86. The molecule has 30 heavy (non-hydrogen) atoms. The van der Waals surface area contributed by atoms with Gasteiger partial charge in [-0.1, -0.05) is 11.6 Å². The van der Waals surface area contributed by atoms with Crippen LogP contribution in [0.15, 0.2) is 53.1 Å². The zero-order valence-electron chi connectivity index (χ0n) is 16.7. The van der Waals surface area contributed by atoms with Crippen LogP contribution >= 0.6 is 0 Å². The molecule has 0 radical (unpaired) electrons. The number of carbonyl (C=O) groups excluding carboxylic acids is 1. The smallest absolute Gasteiger partial charge is 0.256 e. The number of hydrogen-bond acceptors (Lipinski definition) is 5. The normalized spacial score (nSPS) is 19.9. The third-order valence-corrected chi connectivity index (χ3v) is 8.04. The van der Waals surface area contributed by atoms with E-state index in [2.05, 4.69) is 15.2 Å². The summed E-state index contributed by atoms with van der Waals surface area (Å²) in [6.45, 7) is 2.00. The molecule has 1 amide bonds. The summed E-state index contributed by atoms with van der Waals surface area (Å²) in [6, 6.07) is 10.7. The van der Waals surface area contributed by atoms with Gasteiger partial charge >= 0.3 is 0 Å². The van der Waals surface area contributed by atoms with Crippen molar-refractivity contribution in [1.82, 2.24) is 9.29 Å². The number of anilines is 2.